The van der Waals surface area contributed by atoms with Gasteiger partial charge in [0.25, 0.3) is 0 Å². The van der Waals surface area contributed by atoms with Gasteiger partial charge in [-0.2, -0.15) is 10.2 Å². The van der Waals surface area contributed by atoms with Crippen LogP contribution in [0.1, 0.15) is 11.3 Å². The Morgan fingerprint density at radius 3 is 2.79 bits per heavy atom. The SMILES string of the molecule is Cc1nn(C)c(-n2ncc3ccccc32)c1C(N)=S. The molecule has 0 radical (unpaired) electrons. The van der Waals surface area contributed by atoms with Crippen LogP contribution in [0, 0.1) is 6.92 Å². The number of nitrogens with two attached hydrogens (primary N) is 1. The van der Waals surface area contributed by atoms with E-state index in [9.17, 15) is 0 Å². The summed E-state index contributed by atoms with van der Waals surface area (Å²) in [6, 6.07) is 7.98. The lowest BCUT2D eigenvalue weighted by atomic mass is 10.2. The first-order valence-electron chi connectivity index (χ1n) is 5.86. The topological polar surface area (TPSA) is 61.7 Å². The number of aryl methyl sites for hydroxylation is 2. The van der Waals surface area contributed by atoms with Gasteiger partial charge in [0.2, 0.25) is 0 Å². The number of thiocarbonyl (C=S) groups is 1. The molecule has 0 aliphatic heterocycles. The molecule has 6 heteroatoms. The zero-order valence-electron chi connectivity index (χ0n) is 10.7. The van der Waals surface area contributed by atoms with Crippen molar-refractivity contribution in [2.75, 3.05) is 0 Å². The molecular weight excluding hydrogens is 258 g/mol. The van der Waals surface area contributed by atoms with E-state index in [4.69, 9.17) is 18.0 Å². The van der Waals surface area contributed by atoms with Gasteiger partial charge in [-0.3, -0.25) is 4.68 Å². The van der Waals surface area contributed by atoms with Crippen molar-refractivity contribution in [1.29, 1.82) is 0 Å². The number of aromatic nitrogens is 4. The minimum absolute atomic E-state index is 0.334. The largest absolute Gasteiger partial charge is 0.389 e. The number of benzene rings is 1. The molecule has 0 unspecified atom stereocenters. The predicted octanol–water partition coefficient (Wildman–Crippen LogP) is 1.70. The highest BCUT2D eigenvalue weighted by Gasteiger charge is 2.19. The summed E-state index contributed by atoms with van der Waals surface area (Å²) in [5.74, 6) is 0.797. The second-order valence-electron chi connectivity index (χ2n) is 4.39. The van der Waals surface area contributed by atoms with E-state index in [-0.39, 0.29) is 0 Å². The lowest BCUT2D eigenvalue weighted by molar-refractivity contribution is 0.702. The number of hydrogen-bond donors (Lipinski definition) is 1. The van der Waals surface area contributed by atoms with E-state index in [0.29, 0.717) is 4.99 Å². The number of rotatable bonds is 2. The first-order chi connectivity index (χ1) is 9.09. The standard InChI is InChI=1S/C13H13N5S/c1-8-11(12(14)19)13(17(2)16-8)18-10-6-4-3-5-9(10)7-15-18/h3-7H,1-2H3,(H2,14,19). The molecule has 0 saturated heterocycles. The van der Waals surface area contributed by atoms with E-state index in [1.165, 1.54) is 0 Å². The Kier molecular flexibility index (Phi) is 2.60. The summed E-state index contributed by atoms with van der Waals surface area (Å²) >= 11 is 5.13. The lowest BCUT2D eigenvalue weighted by Crippen LogP contribution is -2.15. The van der Waals surface area contributed by atoms with E-state index in [1.807, 2.05) is 49.1 Å². The third-order valence-electron chi connectivity index (χ3n) is 3.12. The van der Waals surface area contributed by atoms with Crippen LogP contribution in [0.4, 0.5) is 0 Å². The maximum atomic E-state index is 5.82. The molecule has 2 N–H and O–H groups in total. The molecule has 2 aromatic heterocycles. The van der Waals surface area contributed by atoms with Gasteiger partial charge in [0.15, 0.2) is 5.82 Å². The smallest absolute Gasteiger partial charge is 0.162 e. The van der Waals surface area contributed by atoms with Gasteiger partial charge < -0.3 is 5.73 Å². The summed E-state index contributed by atoms with van der Waals surface area (Å²) in [4.78, 5) is 0.334. The summed E-state index contributed by atoms with van der Waals surface area (Å²) in [6.45, 7) is 1.89. The van der Waals surface area contributed by atoms with Gasteiger partial charge in [0.05, 0.1) is 23.0 Å². The molecule has 3 rings (SSSR count). The maximum Gasteiger partial charge on any atom is 0.162 e. The Morgan fingerprint density at radius 2 is 2.05 bits per heavy atom. The molecule has 0 bridgehead atoms. The van der Waals surface area contributed by atoms with Gasteiger partial charge >= 0.3 is 0 Å². The van der Waals surface area contributed by atoms with Crippen molar-refractivity contribution in [3.63, 3.8) is 0 Å². The minimum Gasteiger partial charge on any atom is -0.389 e. The molecule has 0 fully saturated rings. The van der Waals surface area contributed by atoms with Gasteiger partial charge in [0, 0.05) is 12.4 Å². The van der Waals surface area contributed by atoms with Crippen LogP contribution in [0.25, 0.3) is 16.7 Å². The van der Waals surface area contributed by atoms with Crippen LogP contribution in [-0.4, -0.2) is 24.5 Å². The molecule has 2 heterocycles. The van der Waals surface area contributed by atoms with Crippen LogP contribution in [0.15, 0.2) is 30.5 Å². The third-order valence-corrected chi connectivity index (χ3v) is 3.32. The van der Waals surface area contributed by atoms with Crippen LogP contribution in [-0.2, 0) is 7.05 Å². The monoisotopic (exact) mass is 271 g/mol. The molecule has 0 aliphatic rings. The highest BCUT2D eigenvalue weighted by atomic mass is 32.1. The van der Waals surface area contributed by atoms with E-state index in [0.717, 1.165) is 28.0 Å². The van der Waals surface area contributed by atoms with Crippen LogP contribution in [0.5, 0.6) is 0 Å². The van der Waals surface area contributed by atoms with Crippen LogP contribution < -0.4 is 5.73 Å². The van der Waals surface area contributed by atoms with Crippen LogP contribution in [0.3, 0.4) is 0 Å². The molecule has 3 aromatic rings. The number of para-hydroxylation sites is 1. The first kappa shape index (κ1) is 11.9. The van der Waals surface area contributed by atoms with E-state index in [1.54, 1.807) is 4.68 Å². The summed E-state index contributed by atoms with van der Waals surface area (Å²) in [6.07, 6.45) is 1.82. The molecule has 5 nitrogen and oxygen atoms in total. The molecule has 0 spiro atoms. The summed E-state index contributed by atoms with van der Waals surface area (Å²) < 4.78 is 3.58. The second-order valence-corrected chi connectivity index (χ2v) is 4.83. The number of nitrogens with zero attached hydrogens (tertiary/aromatic N) is 4. The molecule has 1 aromatic carbocycles. The fourth-order valence-corrected chi connectivity index (χ4v) is 2.56. The second kappa shape index (κ2) is 4.17. The van der Waals surface area contributed by atoms with Crippen molar-refractivity contribution in [3.8, 4) is 5.82 Å². The van der Waals surface area contributed by atoms with Crippen molar-refractivity contribution in [1.82, 2.24) is 19.6 Å². The zero-order chi connectivity index (χ0) is 13.6. The van der Waals surface area contributed by atoms with Crippen molar-refractivity contribution in [2.24, 2.45) is 12.8 Å². The fraction of sp³-hybridized carbons (Fsp3) is 0.154. The van der Waals surface area contributed by atoms with Crippen molar-refractivity contribution < 1.29 is 0 Å². The molecule has 96 valence electrons. The van der Waals surface area contributed by atoms with Crippen molar-refractivity contribution >= 4 is 28.1 Å². The summed E-state index contributed by atoms with van der Waals surface area (Å²) in [7, 11) is 1.86. The molecule has 19 heavy (non-hydrogen) atoms. The van der Waals surface area contributed by atoms with Gasteiger partial charge in [-0.25, -0.2) is 4.68 Å². The Labute approximate surface area is 115 Å². The third kappa shape index (κ3) is 1.72. The Hall–Kier alpha value is -2.21. The van der Waals surface area contributed by atoms with Crippen LogP contribution in [0.2, 0.25) is 0 Å². The maximum absolute atomic E-state index is 5.82. The molecular formula is C13H13N5S. The molecule has 0 aliphatic carbocycles. The molecule has 0 amide bonds. The van der Waals surface area contributed by atoms with Gasteiger partial charge in [0.1, 0.15) is 4.99 Å². The molecule has 0 saturated carbocycles. The predicted molar refractivity (Wildman–Crippen MR) is 78.5 cm³/mol. The zero-order valence-corrected chi connectivity index (χ0v) is 11.5. The fourth-order valence-electron chi connectivity index (χ4n) is 2.32. The number of hydrogen-bond acceptors (Lipinski definition) is 3. The molecule has 0 atom stereocenters. The highest BCUT2D eigenvalue weighted by molar-refractivity contribution is 7.80. The van der Waals surface area contributed by atoms with E-state index in [2.05, 4.69) is 10.2 Å². The van der Waals surface area contributed by atoms with E-state index < -0.39 is 0 Å². The van der Waals surface area contributed by atoms with Crippen LogP contribution >= 0.6 is 12.2 Å². The van der Waals surface area contributed by atoms with Crippen molar-refractivity contribution in [2.45, 2.75) is 6.92 Å². The van der Waals surface area contributed by atoms with E-state index >= 15 is 0 Å². The Bertz CT molecular complexity index is 784. The van der Waals surface area contributed by atoms with Gasteiger partial charge in [-0.1, -0.05) is 30.4 Å². The highest BCUT2D eigenvalue weighted by Crippen LogP contribution is 2.22. The lowest BCUT2D eigenvalue weighted by Gasteiger charge is -2.07. The Balaban J connectivity index is 2.36. The van der Waals surface area contributed by atoms with Gasteiger partial charge in [-0.15, -0.1) is 0 Å². The minimum atomic E-state index is 0.334. The quantitative estimate of drug-likeness (QED) is 0.721. The number of fused-ring (bicyclic) bond motifs is 1. The average molecular weight is 271 g/mol. The summed E-state index contributed by atoms with van der Waals surface area (Å²) in [5.41, 5.74) is 8.40. The first-order valence-corrected chi connectivity index (χ1v) is 6.27. The van der Waals surface area contributed by atoms with Gasteiger partial charge in [-0.05, 0) is 13.0 Å². The Morgan fingerprint density at radius 1 is 1.32 bits per heavy atom. The van der Waals surface area contributed by atoms with Crippen molar-refractivity contribution in [3.05, 3.63) is 41.7 Å². The average Bonchev–Trinajstić information content (AvgIpc) is 2.89. The summed E-state index contributed by atoms with van der Waals surface area (Å²) in [5, 5.41) is 9.87. The normalized spacial score (nSPS) is 11.1.